The van der Waals surface area contributed by atoms with E-state index in [2.05, 4.69) is 10.3 Å². The molecule has 0 bridgehead atoms. The minimum Gasteiger partial charge on any atom is -0.398 e. The van der Waals surface area contributed by atoms with E-state index < -0.39 is 9.84 Å². The number of anilines is 1. The van der Waals surface area contributed by atoms with Gasteiger partial charge in [0.15, 0.2) is 9.84 Å². The van der Waals surface area contributed by atoms with Gasteiger partial charge in [0.1, 0.15) is 0 Å². The molecule has 0 spiro atoms. The first-order valence-corrected chi connectivity index (χ1v) is 8.79. The van der Waals surface area contributed by atoms with E-state index in [0.29, 0.717) is 18.7 Å². The molecular formula is C15H19N3O2S. The SMILES string of the molecule is CC1(NCc2cc(N)c3ccccc3n2)CCS(=O)(=O)C1. The predicted molar refractivity (Wildman–Crippen MR) is 84.7 cm³/mol. The van der Waals surface area contributed by atoms with Crippen molar-refractivity contribution in [3.63, 3.8) is 0 Å². The Morgan fingerprint density at radius 3 is 2.86 bits per heavy atom. The average Bonchev–Trinajstić information content (AvgIpc) is 2.71. The van der Waals surface area contributed by atoms with Crippen LogP contribution in [0.3, 0.4) is 0 Å². The van der Waals surface area contributed by atoms with E-state index in [9.17, 15) is 8.42 Å². The van der Waals surface area contributed by atoms with Gasteiger partial charge >= 0.3 is 0 Å². The Morgan fingerprint density at radius 1 is 1.38 bits per heavy atom. The van der Waals surface area contributed by atoms with Crippen molar-refractivity contribution in [3.05, 3.63) is 36.0 Å². The van der Waals surface area contributed by atoms with Crippen LogP contribution < -0.4 is 11.1 Å². The number of fused-ring (bicyclic) bond motifs is 1. The summed E-state index contributed by atoms with van der Waals surface area (Å²) < 4.78 is 23.2. The van der Waals surface area contributed by atoms with Crippen LogP contribution in [-0.2, 0) is 16.4 Å². The van der Waals surface area contributed by atoms with Crippen LogP contribution in [-0.4, -0.2) is 30.4 Å². The van der Waals surface area contributed by atoms with Crippen LogP contribution in [0.25, 0.3) is 10.9 Å². The number of benzene rings is 1. The lowest BCUT2D eigenvalue weighted by Gasteiger charge is -2.23. The molecule has 0 saturated carbocycles. The van der Waals surface area contributed by atoms with Crippen LogP contribution >= 0.6 is 0 Å². The van der Waals surface area contributed by atoms with Crippen molar-refractivity contribution in [3.8, 4) is 0 Å². The first-order valence-electron chi connectivity index (χ1n) is 6.97. The Labute approximate surface area is 124 Å². The summed E-state index contributed by atoms with van der Waals surface area (Å²) in [6.45, 7) is 2.46. The highest BCUT2D eigenvalue weighted by Gasteiger charge is 2.37. The molecule has 2 aromatic rings. The van der Waals surface area contributed by atoms with E-state index in [-0.39, 0.29) is 17.0 Å². The summed E-state index contributed by atoms with van der Waals surface area (Å²) in [4.78, 5) is 4.57. The van der Waals surface area contributed by atoms with Crippen molar-refractivity contribution in [1.29, 1.82) is 0 Å². The van der Waals surface area contributed by atoms with Gasteiger partial charge in [-0.05, 0) is 25.5 Å². The first-order chi connectivity index (χ1) is 9.87. The van der Waals surface area contributed by atoms with Crippen LogP contribution in [0.4, 0.5) is 5.69 Å². The number of sulfone groups is 1. The third-order valence-corrected chi connectivity index (χ3v) is 5.90. The maximum atomic E-state index is 11.6. The Hall–Kier alpha value is -1.66. The monoisotopic (exact) mass is 305 g/mol. The molecular weight excluding hydrogens is 286 g/mol. The molecule has 0 amide bonds. The average molecular weight is 305 g/mol. The summed E-state index contributed by atoms with van der Waals surface area (Å²) in [5.41, 5.74) is 8.06. The molecule has 1 aliphatic heterocycles. The largest absolute Gasteiger partial charge is 0.398 e. The Bertz CT molecular complexity index is 789. The summed E-state index contributed by atoms with van der Waals surface area (Å²) in [5, 5.41) is 4.27. The van der Waals surface area contributed by atoms with Crippen molar-refractivity contribution in [2.45, 2.75) is 25.4 Å². The molecule has 5 nitrogen and oxygen atoms in total. The second kappa shape index (κ2) is 4.96. The lowest BCUT2D eigenvalue weighted by atomic mass is 10.0. The zero-order chi connectivity index (χ0) is 15.1. The molecule has 1 aromatic heterocycles. The van der Waals surface area contributed by atoms with Crippen molar-refractivity contribution in [2.24, 2.45) is 0 Å². The molecule has 1 fully saturated rings. The highest BCUT2D eigenvalue weighted by atomic mass is 32.2. The van der Waals surface area contributed by atoms with Gasteiger partial charge in [-0.25, -0.2) is 8.42 Å². The highest BCUT2D eigenvalue weighted by molar-refractivity contribution is 7.91. The Balaban J connectivity index is 1.80. The normalized spacial score (nSPS) is 24.4. The van der Waals surface area contributed by atoms with E-state index in [4.69, 9.17) is 5.73 Å². The molecule has 1 saturated heterocycles. The topological polar surface area (TPSA) is 85.1 Å². The number of rotatable bonds is 3. The molecule has 3 rings (SSSR count). The van der Waals surface area contributed by atoms with E-state index in [1.165, 1.54) is 0 Å². The van der Waals surface area contributed by atoms with Crippen LogP contribution in [0.15, 0.2) is 30.3 Å². The summed E-state index contributed by atoms with van der Waals surface area (Å²) in [7, 11) is -2.91. The number of nitrogens with zero attached hydrogens (tertiary/aromatic N) is 1. The molecule has 1 aliphatic rings. The second-order valence-corrected chi connectivity index (χ2v) is 8.16. The van der Waals surface area contributed by atoms with E-state index in [1.54, 1.807) is 0 Å². The van der Waals surface area contributed by atoms with Crippen molar-refractivity contribution in [2.75, 3.05) is 17.2 Å². The summed E-state index contributed by atoms with van der Waals surface area (Å²) in [6.07, 6.45) is 0.637. The van der Waals surface area contributed by atoms with Gasteiger partial charge in [0.05, 0.1) is 22.7 Å². The van der Waals surface area contributed by atoms with Crippen molar-refractivity contribution < 1.29 is 8.42 Å². The lowest BCUT2D eigenvalue weighted by Crippen LogP contribution is -2.43. The van der Waals surface area contributed by atoms with Crippen LogP contribution in [0.1, 0.15) is 19.0 Å². The molecule has 1 unspecified atom stereocenters. The lowest BCUT2D eigenvalue weighted by molar-refractivity contribution is 0.393. The third kappa shape index (κ3) is 3.01. The number of hydrogen-bond acceptors (Lipinski definition) is 5. The third-order valence-electron chi connectivity index (χ3n) is 4.00. The fourth-order valence-corrected chi connectivity index (χ4v) is 4.93. The van der Waals surface area contributed by atoms with Crippen LogP contribution in [0.5, 0.6) is 0 Å². The molecule has 1 aromatic carbocycles. The fraction of sp³-hybridized carbons (Fsp3) is 0.400. The van der Waals surface area contributed by atoms with Gasteiger partial charge in [-0.1, -0.05) is 18.2 Å². The minimum absolute atomic E-state index is 0.184. The van der Waals surface area contributed by atoms with E-state index in [0.717, 1.165) is 16.6 Å². The van der Waals surface area contributed by atoms with Gasteiger partial charge in [0.2, 0.25) is 0 Å². The zero-order valence-electron chi connectivity index (χ0n) is 12.0. The number of aromatic nitrogens is 1. The summed E-state index contributed by atoms with van der Waals surface area (Å²) in [6, 6.07) is 9.58. The molecule has 6 heteroatoms. The number of hydrogen-bond donors (Lipinski definition) is 2. The number of para-hydroxylation sites is 1. The van der Waals surface area contributed by atoms with Gasteiger partial charge < -0.3 is 11.1 Å². The van der Waals surface area contributed by atoms with Crippen molar-refractivity contribution in [1.82, 2.24) is 10.3 Å². The molecule has 2 heterocycles. The van der Waals surface area contributed by atoms with Crippen molar-refractivity contribution >= 4 is 26.4 Å². The zero-order valence-corrected chi connectivity index (χ0v) is 12.8. The quantitative estimate of drug-likeness (QED) is 0.897. The van der Waals surface area contributed by atoms with Gasteiger partial charge in [0.25, 0.3) is 0 Å². The number of nitrogens with two attached hydrogens (primary N) is 1. The number of pyridine rings is 1. The van der Waals surface area contributed by atoms with Gasteiger partial charge in [-0.2, -0.15) is 0 Å². The van der Waals surface area contributed by atoms with Gasteiger partial charge in [-0.3, -0.25) is 4.98 Å². The van der Waals surface area contributed by atoms with E-state index in [1.807, 2.05) is 37.3 Å². The number of nitrogen functional groups attached to an aromatic ring is 1. The standard InChI is InChI=1S/C15H19N3O2S/c1-15(6-7-21(19,20)10-15)17-9-11-8-13(16)12-4-2-3-5-14(12)18-11/h2-5,8,17H,6-7,9-10H2,1H3,(H2,16,18). The van der Waals surface area contributed by atoms with Gasteiger partial charge in [-0.15, -0.1) is 0 Å². The summed E-state index contributed by atoms with van der Waals surface area (Å²) >= 11 is 0. The maximum absolute atomic E-state index is 11.6. The number of nitrogens with one attached hydrogen (secondary N) is 1. The molecule has 1 atom stereocenters. The molecule has 0 aliphatic carbocycles. The van der Waals surface area contributed by atoms with Crippen LogP contribution in [0.2, 0.25) is 0 Å². The van der Waals surface area contributed by atoms with E-state index >= 15 is 0 Å². The van der Waals surface area contributed by atoms with Gasteiger partial charge in [0, 0.05) is 23.2 Å². The Kier molecular flexibility index (Phi) is 3.37. The van der Waals surface area contributed by atoms with Crippen LogP contribution in [0, 0.1) is 0 Å². The highest BCUT2D eigenvalue weighted by Crippen LogP contribution is 2.24. The molecule has 3 N–H and O–H groups in total. The predicted octanol–water partition coefficient (Wildman–Crippen LogP) is 1.48. The molecule has 21 heavy (non-hydrogen) atoms. The maximum Gasteiger partial charge on any atom is 0.152 e. The minimum atomic E-state index is -2.91. The first kappa shape index (κ1) is 14.3. The molecule has 0 radical (unpaired) electrons. The molecule has 112 valence electrons. The second-order valence-electron chi connectivity index (χ2n) is 5.98. The summed E-state index contributed by atoms with van der Waals surface area (Å²) in [5.74, 6) is 0.437. The Morgan fingerprint density at radius 2 is 2.14 bits per heavy atom. The smallest absolute Gasteiger partial charge is 0.152 e. The fourth-order valence-electron chi connectivity index (χ4n) is 2.80.